The van der Waals surface area contributed by atoms with Gasteiger partial charge in [-0.15, -0.1) is 0 Å². The molecule has 0 bridgehead atoms. The fourth-order valence-corrected chi connectivity index (χ4v) is 4.51. The summed E-state index contributed by atoms with van der Waals surface area (Å²) in [7, 11) is 1.62. The Balaban J connectivity index is 1.48. The van der Waals surface area contributed by atoms with E-state index in [0.29, 0.717) is 50.3 Å². The molecule has 0 aliphatic carbocycles. The van der Waals surface area contributed by atoms with Gasteiger partial charge in [0.05, 0.1) is 23.1 Å². The summed E-state index contributed by atoms with van der Waals surface area (Å²) in [6.45, 7) is 4.47. The summed E-state index contributed by atoms with van der Waals surface area (Å²) in [5.41, 5.74) is -0.0389. The minimum absolute atomic E-state index is 0.109. The molecule has 0 saturated carbocycles. The number of aryl methyl sites for hydroxylation is 1. The summed E-state index contributed by atoms with van der Waals surface area (Å²) >= 11 is 0. The van der Waals surface area contributed by atoms with Crippen molar-refractivity contribution in [2.75, 3.05) is 39.9 Å². The van der Waals surface area contributed by atoms with Crippen LogP contribution in [0.1, 0.15) is 18.5 Å². The van der Waals surface area contributed by atoms with Crippen LogP contribution in [0.4, 0.5) is 0 Å². The lowest BCUT2D eigenvalue weighted by atomic mass is 9.85. The van der Waals surface area contributed by atoms with E-state index in [1.165, 1.54) is 4.68 Å². The molecular formula is C21H26N4O4. The minimum atomic E-state index is -0.485. The van der Waals surface area contributed by atoms with Gasteiger partial charge in [0.15, 0.2) is 0 Å². The highest BCUT2D eigenvalue weighted by Gasteiger charge is 2.51. The van der Waals surface area contributed by atoms with Crippen LogP contribution in [0.2, 0.25) is 0 Å². The third-order valence-corrected chi connectivity index (χ3v) is 6.21. The molecule has 8 nitrogen and oxygen atoms in total. The summed E-state index contributed by atoms with van der Waals surface area (Å²) in [6, 6.07) is 7.28. The van der Waals surface area contributed by atoms with Crippen molar-refractivity contribution in [3.05, 3.63) is 40.3 Å². The van der Waals surface area contributed by atoms with Gasteiger partial charge < -0.3 is 14.5 Å². The van der Waals surface area contributed by atoms with Gasteiger partial charge in [-0.05, 0) is 25.8 Å². The number of benzene rings is 1. The number of fused-ring (bicyclic) bond motifs is 1. The number of aromatic nitrogens is 2. The summed E-state index contributed by atoms with van der Waals surface area (Å²) in [6.07, 6.45) is 1.42. The Bertz CT molecular complexity index is 1020. The van der Waals surface area contributed by atoms with Gasteiger partial charge in [0.1, 0.15) is 6.54 Å². The fraction of sp³-hybridized carbons (Fsp3) is 0.524. The van der Waals surface area contributed by atoms with Gasteiger partial charge in [-0.3, -0.25) is 14.4 Å². The van der Waals surface area contributed by atoms with Gasteiger partial charge in [0.25, 0.3) is 5.56 Å². The van der Waals surface area contributed by atoms with Gasteiger partial charge in [0, 0.05) is 38.7 Å². The first-order valence-corrected chi connectivity index (χ1v) is 9.98. The van der Waals surface area contributed by atoms with Crippen molar-refractivity contribution in [1.29, 1.82) is 0 Å². The molecule has 154 valence electrons. The summed E-state index contributed by atoms with van der Waals surface area (Å²) in [4.78, 5) is 42.0. The van der Waals surface area contributed by atoms with E-state index in [0.717, 1.165) is 11.8 Å². The van der Waals surface area contributed by atoms with Gasteiger partial charge in [0.2, 0.25) is 11.8 Å². The minimum Gasteiger partial charge on any atom is -0.383 e. The van der Waals surface area contributed by atoms with Crippen LogP contribution in [-0.4, -0.2) is 71.3 Å². The number of rotatable bonds is 5. The molecule has 2 aliphatic heterocycles. The van der Waals surface area contributed by atoms with Crippen molar-refractivity contribution in [2.24, 2.45) is 5.41 Å². The maximum absolute atomic E-state index is 12.9. The van der Waals surface area contributed by atoms with E-state index >= 15 is 0 Å². The van der Waals surface area contributed by atoms with E-state index in [1.807, 2.05) is 24.0 Å². The molecule has 2 fully saturated rings. The molecule has 8 heteroatoms. The molecular weight excluding hydrogens is 372 g/mol. The van der Waals surface area contributed by atoms with Crippen LogP contribution in [0.15, 0.2) is 29.1 Å². The lowest BCUT2D eigenvalue weighted by molar-refractivity contribution is -0.137. The summed E-state index contributed by atoms with van der Waals surface area (Å²) in [5, 5.41) is 5.69. The Morgan fingerprint density at radius 2 is 1.90 bits per heavy atom. The Morgan fingerprint density at radius 1 is 1.17 bits per heavy atom. The third-order valence-electron chi connectivity index (χ3n) is 6.21. The van der Waals surface area contributed by atoms with Crippen LogP contribution in [0, 0.1) is 12.3 Å². The number of methoxy groups -OCH3 is 1. The topological polar surface area (TPSA) is 84.7 Å². The normalized spacial score (nSPS) is 21.7. The first kappa shape index (κ1) is 19.6. The van der Waals surface area contributed by atoms with E-state index < -0.39 is 5.41 Å². The monoisotopic (exact) mass is 398 g/mol. The smallest absolute Gasteiger partial charge is 0.275 e. The molecule has 1 aromatic heterocycles. The Hall–Kier alpha value is -2.74. The number of carbonyl (C=O) groups excluding carboxylic acids is 2. The van der Waals surface area contributed by atoms with E-state index in [-0.39, 0.29) is 23.9 Å². The maximum atomic E-state index is 12.9. The van der Waals surface area contributed by atoms with Gasteiger partial charge in [-0.2, -0.15) is 5.10 Å². The van der Waals surface area contributed by atoms with Gasteiger partial charge in [-0.25, -0.2) is 4.68 Å². The van der Waals surface area contributed by atoms with Crippen LogP contribution >= 0.6 is 0 Å². The molecule has 2 aromatic rings. The highest BCUT2D eigenvalue weighted by molar-refractivity contribution is 5.87. The predicted molar refractivity (Wildman–Crippen MR) is 107 cm³/mol. The number of nitrogens with zero attached hydrogens (tertiary/aromatic N) is 4. The van der Waals surface area contributed by atoms with E-state index in [1.54, 1.807) is 24.1 Å². The fourth-order valence-electron chi connectivity index (χ4n) is 4.51. The lowest BCUT2D eigenvalue weighted by Gasteiger charge is -2.23. The molecule has 1 unspecified atom stereocenters. The zero-order chi connectivity index (χ0) is 20.6. The highest BCUT2D eigenvalue weighted by atomic mass is 16.5. The second-order valence-electron chi connectivity index (χ2n) is 7.97. The third kappa shape index (κ3) is 3.42. The van der Waals surface area contributed by atoms with Crippen LogP contribution in [0.5, 0.6) is 0 Å². The Morgan fingerprint density at radius 3 is 2.66 bits per heavy atom. The van der Waals surface area contributed by atoms with Crippen molar-refractivity contribution in [3.63, 3.8) is 0 Å². The van der Waals surface area contributed by atoms with E-state index in [4.69, 9.17) is 4.74 Å². The number of amides is 2. The van der Waals surface area contributed by atoms with Gasteiger partial charge >= 0.3 is 0 Å². The zero-order valence-electron chi connectivity index (χ0n) is 16.9. The Labute approximate surface area is 169 Å². The van der Waals surface area contributed by atoms with Crippen molar-refractivity contribution >= 4 is 22.6 Å². The molecule has 4 rings (SSSR count). The second-order valence-corrected chi connectivity index (χ2v) is 7.97. The predicted octanol–water partition coefficient (Wildman–Crippen LogP) is 0.802. The van der Waals surface area contributed by atoms with Gasteiger partial charge in [-0.1, -0.05) is 18.2 Å². The van der Waals surface area contributed by atoms with Crippen LogP contribution < -0.4 is 5.56 Å². The van der Waals surface area contributed by atoms with E-state index in [2.05, 4.69) is 5.10 Å². The molecule has 3 heterocycles. The molecule has 0 radical (unpaired) electrons. The van der Waals surface area contributed by atoms with Crippen LogP contribution in [0.25, 0.3) is 10.8 Å². The molecule has 2 amide bonds. The second kappa shape index (κ2) is 7.59. The average molecular weight is 398 g/mol. The first-order chi connectivity index (χ1) is 13.9. The van der Waals surface area contributed by atoms with Crippen LogP contribution in [0.3, 0.4) is 0 Å². The number of hydrogen-bond donors (Lipinski definition) is 0. The summed E-state index contributed by atoms with van der Waals surface area (Å²) < 4.78 is 6.32. The highest BCUT2D eigenvalue weighted by Crippen LogP contribution is 2.40. The molecule has 1 spiro atoms. The van der Waals surface area contributed by atoms with Crippen molar-refractivity contribution < 1.29 is 14.3 Å². The molecule has 2 saturated heterocycles. The van der Waals surface area contributed by atoms with Crippen molar-refractivity contribution in [3.8, 4) is 0 Å². The van der Waals surface area contributed by atoms with Crippen LogP contribution in [-0.2, 0) is 20.9 Å². The number of ether oxygens (including phenoxy) is 1. The number of carbonyl (C=O) groups is 2. The largest absolute Gasteiger partial charge is 0.383 e. The molecule has 2 aliphatic rings. The van der Waals surface area contributed by atoms with E-state index in [9.17, 15) is 14.4 Å². The lowest BCUT2D eigenvalue weighted by Crippen LogP contribution is -2.41. The zero-order valence-corrected chi connectivity index (χ0v) is 16.9. The molecule has 1 aromatic carbocycles. The summed E-state index contributed by atoms with van der Waals surface area (Å²) in [5.74, 6) is -0.0593. The van der Waals surface area contributed by atoms with Crippen molar-refractivity contribution in [1.82, 2.24) is 19.6 Å². The Kier molecular flexibility index (Phi) is 5.12. The molecule has 0 N–H and O–H groups in total. The maximum Gasteiger partial charge on any atom is 0.275 e. The number of hydrogen-bond acceptors (Lipinski definition) is 5. The quantitative estimate of drug-likeness (QED) is 0.744. The number of likely N-dealkylation sites (tertiary alicyclic amines) is 2. The average Bonchev–Trinajstić information content (AvgIpc) is 3.29. The standard InChI is InChI=1S/C21H26N4O4/c1-15-16-5-3-4-6-17(16)19(27)25(22-15)13-18(26)24-10-8-21(14-24)7-9-23(20(21)28)11-12-29-2/h3-6H,7-14H2,1-2H3. The SMILES string of the molecule is COCCN1CCC2(CCN(C(=O)Cn3nc(C)c4ccccc4c3=O)C2)C1=O. The first-order valence-electron chi connectivity index (χ1n) is 9.98. The molecule has 29 heavy (non-hydrogen) atoms. The molecule has 1 atom stereocenters. The van der Waals surface area contributed by atoms with Crippen molar-refractivity contribution in [2.45, 2.75) is 26.3 Å².